The molecule has 0 unspecified atom stereocenters. The van der Waals surface area contributed by atoms with Gasteiger partial charge in [-0.25, -0.2) is 4.98 Å². The van der Waals surface area contributed by atoms with Crippen LogP contribution in [0.4, 0.5) is 0 Å². The zero-order valence-electron chi connectivity index (χ0n) is 18.2. The highest BCUT2D eigenvalue weighted by Crippen LogP contribution is 2.28. The Hall–Kier alpha value is -2.37. The number of aromatic nitrogens is 2. The van der Waals surface area contributed by atoms with Gasteiger partial charge in [0.1, 0.15) is 11.9 Å². The van der Waals surface area contributed by atoms with Gasteiger partial charge in [-0.05, 0) is 56.1 Å². The number of benzene rings is 2. The van der Waals surface area contributed by atoms with Gasteiger partial charge < -0.3 is 14.8 Å². The number of likely N-dealkylation sites (tertiary alicyclic amines) is 1. The van der Waals surface area contributed by atoms with Crippen LogP contribution < -0.4 is 5.32 Å². The lowest BCUT2D eigenvalue weighted by atomic mass is 10.1. The Kier molecular flexibility index (Phi) is 7.25. The van der Waals surface area contributed by atoms with E-state index in [2.05, 4.69) is 27.8 Å². The lowest BCUT2D eigenvalue weighted by Gasteiger charge is -2.22. The maximum atomic E-state index is 13.3. The zero-order valence-corrected chi connectivity index (χ0v) is 18.9. The number of para-hydroxylation sites is 2. The van der Waals surface area contributed by atoms with Crippen molar-refractivity contribution in [1.82, 2.24) is 19.8 Å². The van der Waals surface area contributed by atoms with Crippen molar-refractivity contribution in [2.45, 2.75) is 45.1 Å². The van der Waals surface area contributed by atoms with Crippen LogP contribution in [0.2, 0.25) is 5.02 Å². The van der Waals surface area contributed by atoms with E-state index < -0.39 is 0 Å². The van der Waals surface area contributed by atoms with Gasteiger partial charge in [0, 0.05) is 24.5 Å². The Labute approximate surface area is 189 Å². The molecular weight excluding hydrogens is 408 g/mol. The van der Waals surface area contributed by atoms with Crippen molar-refractivity contribution < 1.29 is 4.79 Å². The number of imidazole rings is 1. The van der Waals surface area contributed by atoms with Gasteiger partial charge in [-0.2, -0.15) is 0 Å². The van der Waals surface area contributed by atoms with E-state index in [0.717, 1.165) is 59.9 Å². The smallest absolute Gasteiger partial charge is 0.243 e. The first-order valence-electron chi connectivity index (χ1n) is 11.4. The molecule has 1 aliphatic rings. The quantitative estimate of drug-likeness (QED) is 0.520. The van der Waals surface area contributed by atoms with E-state index in [1.807, 2.05) is 42.5 Å². The summed E-state index contributed by atoms with van der Waals surface area (Å²) in [6, 6.07) is 15.6. The number of hydrogen-bond acceptors (Lipinski definition) is 3. The molecule has 1 aliphatic heterocycles. The van der Waals surface area contributed by atoms with Gasteiger partial charge in [-0.15, -0.1) is 0 Å². The number of carbonyl (C=O) groups excluding carboxylic acids is 1. The van der Waals surface area contributed by atoms with Gasteiger partial charge in [0.2, 0.25) is 5.91 Å². The second-order valence-corrected chi connectivity index (χ2v) is 8.71. The second-order valence-electron chi connectivity index (χ2n) is 8.30. The first kappa shape index (κ1) is 21.8. The summed E-state index contributed by atoms with van der Waals surface area (Å²) in [7, 11) is 0. The standard InChI is InChI=1S/C25H31ClN4O/c1-2-9-23(25(31)27-14-17-29-15-7-8-16-29)30-22-13-6-5-12-21(22)28-24(30)18-19-10-3-4-11-20(19)26/h3-6,10-13,23H,2,7-9,14-18H2,1H3,(H,27,31)/t23-/m1/s1. The lowest BCUT2D eigenvalue weighted by molar-refractivity contribution is -0.124. The Bertz CT molecular complexity index is 1030. The summed E-state index contributed by atoms with van der Waals surface area (Å²) >= 11 is 6.44. The number of rotatable bonds is 9. The molecule has 31 heavy (non-hydrogen) atoms. The summed E-state index contributed by atoms with van der Waals surface area (Å²) in [6.45, 7) is 6.01. The van der Waals surface area contributed by atoms with Crippen LogP contribution in [0.15, 0.2) is 48.5 Å². The Morgan fingerprint density at radius 1 is 1.13 bits per heavy atom. The van der Waals surface area contributed by atoms with Gasteiger partial charge in [-0.3, -0.25) is 4.79 Å². The van der Waals surface area contributed by atoms with Crippen LogP contribution in [-0.4, -0.2) is 46.5 Å². The van der Waals surface area contributed by atoms with E-state index >= 15 is 0 Å². The largest absolute Gasteiger partial charge is 0.353 e. The summed E-state index contributed by atoms with van der Waals surface area (Å²) in [5, 5.41) is 3.92. The summed E-state index contributed by atoms with van der Waals surface area (Å²) < 4.78 is 2.13. The van der Waals surface area contributed by atoms with Crippen molar-refractivity contribution in [1.29, 1.82) is 0 Å². The van der Waals surface area contributed by atoms with E-state index in [-0.39, 0.29) is 11.9 Å². The summed E-state index contributed by atoms with van der Waals surface area (Å²) in [4.78, 5) is 20.6. The Balaban J connectivity index is 1.62. The molecule has 0 aliphatic carbocycles. The van der Waals surface area contributed by atoms with Gasteiger partial charge in [-0.1, -0.05) is 55.3 Å². The van der Waals surface area contributed by atoms with Crippen molar-refractivity contribution in [3.63, 3.8) is 0 Å². The molecule has 0 saturated carbocycles. The number of fused-ring (bicyclic) bond motifs is 1. The van der Waals surface area contributed by atoms with Gasteiger partial charge >= 0.3 is 0 Å². The fourth-order valence-corrected chi connectivity index (χ4v) is 4.69. The third kappa shape index (κ3) is 5.10. The molecule has 1 aromatic heterocycles. The molecule has 2 aromatic carbocycles. The fraction of sp³-hybridized carbons (Fsp3) is 0.440. The minimum Gasteiger partial charge on any atom is -0.353 e. The molecule has 1 amide bonds. The topological polar surface area (TPSA) is 50.2 Å². The molecule has 3 aromatic rings. The van der Waals surface area contributed by atoms with E-state index in [0.29, 0.717) is 13.0 Å². The summed E-state index contributed by atoms with van der Waals surface area (Å²) in [5.74, 6) is 0.951. The first-order valence-corrected chi connectivity index (χ1v) is 11.7. The molecule has 1 atom stereocenters. The van der Waals surface area contributed by atoms with Crippen molar-refractivity contribution in [2.75, 3.05) is 26.2 Å². The average Bonchev–Trinajstić information content (AvgIpc) is 3.41. The van der Waals surface area contributed by atoms with E-state index in [9.17, 15) is 4.79 Å². The normalized spacial score (nSPS) is 15.4. The molecule has 5 nitrogen and oxygen atoms in total. The van der Waals surface area contributed by atoms with Crippen LogP contribution in [0.3, 0.4) is 0 Å². The molecule has 1 saturated heterocycles. The predicted octanol–water partition coefficient (Wildman–Crippen LogP) is 4.83. The van der Waals surface area contributed by atoms with Gasteiger partial charge in [0.25, 0.3) is 0 Å². The molecule has 6 heteroatoms. The lowest BCUT2D eigenvalue weighted by Crippen LogP contribution is -2.38. The number of nitrogens with zero attached hydrogens (tertiary/aromatic N) is 3. The zero-order chi connectivity index (χ0) is 21.6. The molecule has 164 valence electrons. The van der Waals surface area contributed by atoms with Crippen LogP contribution in [0.5, 0.6) is 0 Å². The minimum atomic E-state index is -0.284. The van der Waals surface area contributed by atoms with E-state index in [1.54, 1.807) is 0 Å². The number of nitrogens with one attached hydrogen (secondary N) is 1. The third-order valence-corrected chi connectivity index (χ3v) is 6.45. The third-order valence-electron chi connectivity index (χ3n) is 6.08. The minimum absolute atomic E-state index is 0.0737. The number of hydrogen-bond donors (Lipinski definition) is 1. The highest BCUT2D eigenvalue weighted by molar-refractivity contribution is 6.31. The maximum Gasteiger partial charge on any atom is 0.243 e. The fourth-order valence-electron chi connectivity index (χ4n) is 4.49. The molecular formula is C25H31ClN4O. The summed E-state index contributed by atoms with van der Waals surface area (Å²) in [5.41, 5.74) is 2.93. The Morgan fingerprint density at radius 3 is 2.65 bits per heavy atom. The maximum absolute atomic E-state index is 13.3. The monoisotopic (exact) mass is 438 g/mol. The molecule has 0 radical (unpaired) electrons. The molecule has 0 bridgehead atoms. The highest BCUT2D eigenvalue weighted by Gasteiger charge is 2.25. The number of halogens is 1. The number of amides is 1. The SMILES string of the molecule is CCC[C@H](C(=O)NCCN1CCCC1)n1c(Cc2ccccc2Cl)nc2ccccc21. The second kappa shape index (κ2) is 10.3. The first-order chi connectivity index (χ1) is 15.2. The van der Waals surface area contributed by atoms with Crippen molar-refractivity contribution >= 4 is 28.5 Å². The van der Waals surface area contributed by atoms with Crippen LogP contribution in [0.25, 0.3) is 11.0 Å². The van der Waals surface area contributed by atoms with Gasteiger partial charge in [0.15, 0.2) is 0 Å². The van der Waals surface area contributed by atoms with Crippen LogP contribution in [0.1, 0.15) is 50.0 Å². The van der Waals surface area contributed by atoms with Crippen molar-refractivity contribution in [3.8, 4) is 0 Å². The highest BCUT2D eigenvalue weighted by atomic mass is 35.5. The molecule has 1 fully saturated rings. The molecule has 1 N–H and O–H groups in total. The van der Waals surface area contributed by atoms with Crippen LogP contribution in [0, 0.1) is 0 Å². The average molecular weight is 439 g/mol. The summed E-state index contributed by atoms with van der Waals surface area (Å²) in [6.07, 6.45) is 4.81. The van der Waals surface area contributed by atoms with Crippen molar-refractivity contribution in [2.24, 2.45) is 0 Å². The molecule has 4 rings (SSSR count). The number of carbonyl (C=O) groups is 1. The molecule has 2 heterocycles. The van der Waals surface area contributed by atoms with Crippen molar-refractivity contribution in [3.05, 3.63) is 64.9 Å². The Morgan fingerprint density at radius 2 is 1.87 bits per heavy atom. The van der Waals surface area contributed by atoms with E-state index in [1.165, 1.54) is 12.8 Å². The molecule has 0 spiro atoms. The van der Waals surface area contributed by atoms with E-state index in [4.69, 9.17) is 16.6 Å². The van der Waals surface area contributed by atoms with Crippen LogP contribution in [-0.2, 0) is 11.2 Å². The van der Waals surface area contributed by atoms with Crippen LogP contribution >= 0.6 is 11.6 Å². The van der Waals surface area contributed by atoms with Gasteiger partial charge in [0.05, 0.1) is 11.0 Å². The predicted molar refractivity (Wildman–Crippen MR) is 127 cm³/mol.